The van der Waals surface area contributed by atoms with Crippen LogP contribution in [0.1, 0.15) is 12.5 Å². The van der Waals surface area contributed by atoms with Crippen molar-refractivity contribution in [2.45, 2.75) is 12.7 Å². The van der Waals surface area contributed by atoms with E-state index < -0.39 is 13.0 Å². The number of benzene rings is 1. The summed E-state index contributed by atoms with van der Waals surface area (Å²) in [7, 11) is 0. The van der Waals surface area contributed by atoms with Gasteiger partial charge in [0.15, 0.2) is 0 Å². The Morgan fingerprint density at radius 3 is 2.96 bits per heavy atom. The van der Waals surface area contributed by atoms with Gasteiger partial charge >= 0.3 is 6.09 Å². The average molecular weight is 482 g/mol. The van der Waals surface area contributed by atoms with Crippen molar-refractivity contribution in [1.82, 2.24) is 15.0 Å². The van der Waals surface area contributed by atoms with Gasteiger partial charge in [-0.1, -0.05) is 12.1 Å². The van der Waals surface area contributed by atoms with Crippen molar-refractivity contribution >= 4 is 57.4 Å². The van der Waals surface area contributed by atoms with E-state index in [0.717, 1.165) is 5.56 Å². The third-order valence-electron chi connectivity index (χ3n) is 2.55. The summed E-state index contributed by atoms with van der Waals surface area (Å²) in [6, 6.07) is 7.11. The molecule has 0 aliphatic heterocycles. The molecule has 8 nitrogen and oxygen atoms in total. The van der Waals surface area contributed by atoms with Gasteiger partial charge in [0.05, 0.1) is 12.4 Å². The van der Waals surface area contributed by atoms with E-state index >= 15 is 0 Å². The summed E-state index contributed by atoms with van der Waals surface area (Å²) in [6.07, 6.45) is 0.461. The minimum absolute atomic E-state index is 0.0761. The minimum Gasteiger partial charge on any atom is -0.448 e. The van der Waals surface area contributed by atoms with Crippen LogP contribution in [0.25, 0.3) is 0 Å². The number of nitrogens with zero attached hydrogens (tertiary/aromatic N) is 4. The highest BCUT2D eigenvalue weighted by Gasteiger charge is 2.11. The maximum absolute atomic E-state index is 12.4. The van der Waals surface area contributed by atoms with Gasteiger partial charge in [0.25, 0.3) is 0 Å². The van der Waals surface area contributed by atoms with Crippen molar-refractivity contribution in [3.8, 4) is 0 Å². The van der Waals surface area contributed by atoms with Crippen LogP contribution in [0.2, 0.25) is 5.28 Å². The molecule has 24 heavy (non-hydrogen) atoms. The van der Waals surface area contributed by atoms with E-state index in [2.05, 4.69) is 24.6 Å². The lowest BCUT2D eigenvalue weighted by atomic mass is 10.2. The normalized spacial score (nSPS) is 13.0. The fourth-order valence-electron chi connectivity index (χ4n) is 1.70. The number of halogens is 2. The lowest BCUT2D eigenvalue weighted by molar-refractivity contribution is 0.164. The first-order chi connectivity index (χ1) is 11.4. The highest BCUT2D eigenvalue weighted by Crippen LogP contribution is 2.20. The quantitative estimate of drug-likeness (QED) is 0.512. The number of ether oxygens (including phenoxy) is 1. The monoisotopic (exact) mass is 481 g/mol. The maximum atomic E-state index is 12.4. The Morgan fingerprint density at radius 2 is 2.25 bits per heavy atom. The first kappa shape index (κ1) is 18.8. The van der Waals surface area contributed by atoms with Crippen LogP contribution in [-0.4, -0.2) is 31.9 Å². The molecule has 1 amide bonds. The molecule has 0 aliphatic rings. The van der Waals surface area contributed by atoms with Gasteiger partial charge in [-0.3, -0.25) is 0 Å². The third-order valence-corrected chi connectivity index (χ3v) is 5.37. The Hall–Kier alpha value is -1.53. The van der Waals surface area contributed by atoms with E-state index in [-0.39, 0.29) is 17.6 Å². The largest absolute Gasteiger partial charge is 0.448 e. The van der Waals surface area contributed by atoms with E-state index in [4.69, 9.17) is 16.3 Å². The summed E-state index contributed by atoms with van der Waals surface area (Å²) in [4.78, 5) is 22.9. The smallest absolute Gasteiger partial charge is 0.442 e. The highest BCUT2D eigenvalue weighted by atomic mass is 127. The number of hydrogen-bond acceptors (Lipinski definition) is 7. The second-order valence-corrected chi connectivity index (χ2v) is 10.5. The number of aromatic nitrogens is 3. The second-order valence-electron chi connectivity index (χ2n) is 4.40. The van der Waals surface area contributed by atoms with Gasteiger partial charge in [0.1, 0.15) is 13.2 Å². The Kier molecular flexibility index (Phi) is 6.69. The third kappa shape index (κ3) is 6.17. The molecule has 0 saturated carbocycles. The Labute approximate surface area is 156 Å². The fraction of sp³-hybridized carbons (Fsp3) is 0.231. The molecule has 0 radical (unpaired) electrons. The van der Waals surface area contributed by atoms with E-state index in [1.807, 2.05) is 0 Å². The molecule has 1 aromatic heterocycles. The van der Waals surface area contributed by atoms with Crippen LogP contribution in [0.3, 0.4) is 0 Å². The van der Waals surface area contributed by atoms with Crippen LogP contribution in [0.5, 0.6) is 0 Å². The standard InChI is InChI=1S/C13H13ClIN5O3S/c1-2-23-13(21)20-24(15,22)7-9-4-3-5-10(6-9)18-12-17-8-16-11(14)19-12/h3-6,8H,2,7H2,1H3,(H,16,17,18,19). The Balaban J connectivity index is 2.15. The molecule has 11 heteroatoms. The Morgan fingerprint density at radius 1 is 1.46 bits per heavy atom. The van der Waals surface area contributed by atoms with Crippen LogP contribution in [0.4, 0.5) is 16.4 Å². The van der Waals surface area contributed by atoms with E-state index in [9.17, 15) is 9.00 Å². The average Bonchev–Trinajstić information content (AvgIpc) is 2.46. The number of rotatable bonds is 5. The number of amides is 1. The van der Waals surface area contributed by atoms with E-state index in [1.165, 1.54) is 6.33 Å². The lowest BCUT2D eigenvalue weighted by Crippen LogP contribution is -2.03. The predicted molar refractivity (Wildman–Crippen MR) is 99.9 cm³/mol. The fourth-order valence-corrected chi connectivity index (χ4v) is 4.32. The van der Waals surface area contributed by atoms with Gasteiger partial charge in [-0.25, -0.2) is 19.0 Å². The molecule has 1 unspecified atom stereocenters. The molecule has 1 atom stereocenters. The van der Waals surface area contributed by atoms with Gasteiger partial charge in [-0.2, -0.15) is 4.98 Å². The SMILES string of the molecule is CCOC(=O)N=S(=O)(I)Cc1cccc(Nc2ncnc(Cl)n2)c1. The molecule has 2 rings (SSSR count). The first-order valence-corrected chi connectivity index (χ1v) is 11.3. The zero-order chi connectivity index (χ0) is 17.6. The van der Waals surface area contributed by atoms with Gasteiger partial charge in [-0.05, 0) is 36.2 Å². The molecule has 0 spiro atoms. The van der Waals surface area contributed by atoms with Crippen molar-refractivity contribution in [3.63, 3.8) is 0 Å². The van der Waals surface area contributed by atoms with Crippen LogP contribution >= 0.6 is 32.8 Å². The van der Waals surface area contributed by atoms with Crippen LogP contribution < -0.4 is 5.32 Å². The molecule has 0 aliphatic carbocycles. The molecule has 2 aromatic rings. The van der Waals surface area contributed by atoms with Crippen LogP contribution in [0.15, 0.2) is 35.0 Å². The van der Waals surface area contributed by atoms with E-state index in [1.54, 1.807) is 52.4 Å². The number of carbonyl (C=O) groups excluding carboxylic acids is 1. The summed E-state index contributed by atoms with van der Waals surface area (Å²) >= 11 is 7.37. The predicted octanol–water partition coefficient (Wildman–Crippen LogP) is 3.74. The summed E-state index contributed by atoms with van der Waals surface area (Å²) in [5.41, 5.74) is 1.41. The number of nitrogens with one attached hydrogen (secondary N) is 1. The van der Waals surface area contributed by atoms with Crippen molar-refractivity contribution < 1.29 is 13.7 Å². The van der Waals surface area contributed by atoms with Crippen LogP contribution in [-0.2, 0) is 17.4 Å². The molecule has 0 bridgehead atoms. The maximum Gasteiger partial charge on any atom is 0.442 e. The van der Waals surface area contributed by atoms with Crippen molar-refractivity contribution in [2.24, 2.45) is 4.36 Å². The van der Waals surface area contributed by atoms with E-state index in [0.29, 0.717) is 11.6 Å². The number of carbonyl (C=O) groups is 1. The number of hydrogen-bond donors (Lipinski definition) is 1. The molecular formula is C13H13ClIN5O3S. The molecule has 0 saturated heterocycles. The second kappa shape index (κ2) is 8.53. The Bertz CT molecular complexity index is 857. The topological polar surface area (TPSA) is 106 Å². The zero-order valence-electron chi connectivity index (χ0n) is 12.5. The van der Waals surface area contributed by atoms with Crippen molar-refractivity contribution in [3.05, 3.63) is 41.4 Å². The summed E-state index contributed by atoms with van der Waals surface area (Å²) in [5.74, 6) is 0.387. The van der Waals surface area contributed by atoms with Crippen molar-refractivity contribution in [2.75, 3.05) is 11.9 Å². The van der Waals surface area contributed by atoms with Gasteiger partial charge in [-0.15, -0.1) is 4.36 Å². The first-order valence-electron chi connectivity index (χ1n) is 6.69. The zero-order valence-corrected chi connectivity index (χ0v) is 16.2. The molecular weight excluding hydrogens is 469 g/mol. The highest BCUT2D eigenvalue weighted by molar-refractivity contribution is 14.2. The van der Waals surface area contributed by atoms with Crippen LogP contribution in [0, 0.1) is 0 Å². The molecule has 128 valence electrons. The van der Waals surface area contributed by atoms with Crippen molar-refractivity contribution in [1.29, 1.82) is 0 Å². The lowest BCUT2D eigenvalue weighted by Gasteiger charge is -2.07. The van der Waals surface area contributed by atoms with Gasteiger partial charge < -0.3 is 10.1 Å². The minimum atomic E-state index is -2.77. The summed E-state index contributed by atoms with van der Waals surface area (Å²) < 4.78 is 20.7. The number of anilines is 2. The van der Waals surface area contributed by atoms with Gasteiger partial charge in [0.2, 0.25) is 11.2 Å². The molecule has 1 aromatic carbocycles. The molecule has 0 fully saturated rings. The molecule has 1 heterocycles. The van der Waals surface area contributed by atoms with Gasteiger partial charge in [0, 0.05) is 26.9 Å². The summed E-state index contributed by atoms with van der Waals surface area (Å²) in [6.45, 7) is -0.931. The summed E-state index contributed by atoms with van der Waals surface area (Å²) in [5, 5.41) is 3.04. The molecule has 1 N–H and O–H groups in total.